The van der Waals surface area contributed by atoms with Crippen molar-refractivity contribution in [3.05, 3.63) is 46.4 Å². The summed E-state index contributed by atoms with van der Waals surface area (Å²) in [5.74, 6) is 0.432. The second-order valence-corrected chi connectivity index (χ2v) is 7.66. The maximum atomic E-state index is 11.9. The highest BCUT2D eigenvalue weighted by Gasteiger charge is 2.10. The Morgan fingerprint density at radius 2 is 2.27 bits per heavy atom. The first-order chi connectivity index (χ1) is 10.8. The van der Waals surface area contributed by atoms with Gasteiger partial charge in [0.2, 0.25) is 5.13 Å². The van der Waals surface area contributed by atoms with E-state index in [4.69, 9.17) is 0 Å². The lowest BCUT2D eigenvalue weighted by molar-refractivity contribution is 0.101. The molecule has 0 saturated heterocycles. The number of aromatic amines is 1. The number of nitrogens with zero attached hydrogens (tertiary/aromatic N) is 2. The number of rotatable bonds is 8. The van der Waals surface area contributed by atoms with Crippen LogP contribution in [0.1, 0.15) is 15.4 Å². The SMILES string of the molecule is O=C(CSc1nnc(NCCc2cccs2)s1)c1ccc[nH]1. The Bertz CT molecular complexity index is 706. The molecule has 3 rings (SSSR count). The number of anilines is 1. The zero-order chi connectivity index (χ0) is 15.2. The van der Waals surface area contributed by atoms with Crippen molar-refractivity contribution in [1.82, 2.24) is 15.2 Å². The van der Waals surface area contributed by atoms with E-state index >= 15 is 0 Å². The predicted octanol–water partition coefficient (Wildman–Crippen LogP) is 3.56. The molecule has 0 aromatic carbocycles. The van der Waals surface area contributed by atoms with E-state index in [-0.39, 0.29) is 5.78 Å². The third kappa shape index (κ3) is 4.19. The van der Waals surface area contributed by atoms with Gasteiger partial charge in [0.1, 0.15) is 0 Å². The number of aromatic nitrogens is 3. The van der Waals surface area contributed by atoms with Crippen LogP contribution in [0.25, 0.3) is 0 Å². The third-order valence-electron chi connectivity index (χ3n) is 2.86. The predicted molar refractivity (Wildman–Crippen MR) is 92.3 cm³/mol. The molecule has 0 aliphatic rings. The molecule has 0 unspecified atom stereocenters. The Balaban J connectivity index is 1.44. The maximum Gasteiger partial charge on any atom is 0.206 e. The van der Waals surface area contributed by atoms with Crippen molar-refractivity contribution >= 4 is 45.4 Å². The number of carbonyl (C=O) groups is 1. The number of H-pyrrole nitrogens is 1. The van der Waals surface area contributed by atoms with Crippen molar-refractivity contribution in [3.8, 4) is 0 Å². The number of nitrogens with one attached hydrogen (secondary N) is 2. The smallest absolute Gasteiger partial charge is 0.206 e. The molecule has 22 heavy (non-hydrogen) atoms. The highest BCUT2D eigenvalue weighted by molar-refractivity contribution is 8.01. The van der Waals surface area contributed by atoms with Crippen LogP contribution in [0.5, 0.6) is 0 Å². The minimum absolute atomic E-state index is 0.0670. The Kier molecular flexibility index (Phi) is 5.25. The lowest BCUT2D eigenvalue weighted by atomic mass is 10.3. The van der Waals surface area contributed by atoms with E-state index in [0.29, 0.717) is 11.4 Å². The summed E-state index contributed by atoms with van der Waals surface area (Å²) in [4.78, 5) is 16.1. The zero-order valence-electron chi connectivity index (χ0n) is 11.6. The van der Waals surface area contributed by atoms with Crippen LogP contribution < -0.4 is 5.32 Å². The van der Waals surface area contributed by atoms with Crippen LogP contribution in [-0.2, 0) is 6.42 Å². The number of hydrogen-bond donors (Lipinski definition) is 2. The molecule has 5 nitrogen and oxygen atoms in total. The Morgan fingerprint density at radius 3 is 3.05 bits per heavy atom. The van der Waals surface area contributed by atoms with Gasteiger partial charge in [-0.3, -0.25) is 4.79 Å². The van der Waals surface area contributed by atoms with Crippen LogP contribution in [-0.4, -0.2) is 33.3 Å². The molecule has 0 aliphatic carbocycles. The van der Waals surface area contributed by atoms with Gasteiger partial charge in [-0.25, -0.2) is 0 Å². The van der Waals surface area contributed by atoms with Gasteiger partial charge >= 0.3 is 0 Å². The maximum absolute atomic E-state index is 11.9. The first kappa shape index (κ1) is 15.3. The molecule has 0 radical (unpaired) electrons. The molecule has 3 aromatic rings. The molecule has 0 amide bonds. The van der Waals surface area contributed by atoms with Crippen molar-refractivity contribution < 1.29 is 4.79 Å². The molecule has 8 heteroatoms. The van der Waals surface area contributed by atoms with Crippen molar-refractivity contribution in [2.45, 2.75) is 10.8 Å². The molecular formula is C14H14N4OS3. The fourth-order valence-electron chi connectivity index (χ4n) is 1.80. The van der Waals surface area contributed by atoms with Gasteiger partial charge in [-0.1, -0.05) is 29.2 Å². The lowest BCUT2D eigenvalue weighted by Crippen LogP contribution is -2.03. The molecule has 0 saturated carbocycles. The van der Waals surface area contributed by atoms with E-state index in [0.717, 1.165) is 22.4 Å². The van der Waals surface area contributed by atoms with Crippen LogP contribution >= 0.6 is 34.4 Å². The highest BCUT2D eigenvalue weighted by Crippen LogP contribution is 2.26. The van der Waals surface area contributed by atoms with Gasteiger partial charge in [-0.05, 0) is 30.0 Å². The second-order valence-electron chi connectivity index (χ2n) is 4.42. The molecule has 0 bridgehead atoms. The van der Waals surface area contributed by atoms with Crippen LogP contribution in [0.15, 0.2) is 40.2 Å². The van der Waals surface area contributed by atoms with Crippen molar-refractivity contribution in [2.24, 2.45) is 0 Å². The van der Waals surface area contributed by atoms with Crippen LogP contribution in [0.3, 0.4) is 0 Å². The summed E-state index contributed by atoms with van der Waals surface area (Å²) in [5.41, 5.74) is 0.631. The summed E-state index contributed by atoms with van der Waals surface area (Å²) in [6, 6.07) is 7.78. The van der Waals surface area contributed by atoms with Crippen LogP contribution in [0, 0.1) is 0 Å². The summed E-state index contributed by atoms with van der Waals surface area (Å²) in [6.07, 6.45) is 2.73. The van der Waals surface area contributed by atoms with Gasteiger partial charge in [0, 0.05) is 17.6 Å². The van der Waals surface area contributed by atoms with Gasteiger partial charge in [-0.15, -0.1) is 21.5 Å². The molecular weight excluding hydrogens is 336 g/mol. The van der Waals surface area contributed by atoms with Crippen molar-refractivity contribution in [2.75, 3.05) is 17.6 Å². The first-order valence-electron chi connectivity index (χ1n) is 6.70. The molecule has 2 N–H and O–H groups in total. The first-order valence-corrected chi connectivity index (χ1v) is 9.38. The Labute approximate surface area is 140 Å². The van der Waals surface area contributed by atoms with E-state index in [1.165, 1.54) is 28.0 Å². The largest absolute Gasteiger partial charge is 0.360 e. The molecule has 114 valence electrons. The summed E-state index contributed by atoms with van der Waals surface area (Å²) in [7, 11) is 0. The van der Waals surface area contributed by atoms with Crippen LogP contribution in [0.2, 0.25) is 0 Å². The standard InChI is InChI=1S/C14H14N4OS3/c19-12(11-4-1-6-15-11)9-21-14-18-17-13(22-14)16-7-5-10-3-2-8-20-10/h1-4,6,8,15H,5,7,9H2,(H,16,17). The molecule has 0 atom stereocenters. The van der Waals surface area contributed by atoms with E-state index < -0.39 is 0 Å². The molecule has 0 aliphatic heterocycles. The molecule has 0 fully saturated rings. The third-order valence-corrected chi connectivity index (χ3v) is 5.81. The normalized spacial score (nSPS) is 10.7. The fourth-order valence-corrected chi connectivity index (χ4v) is 4.17. The summed E-state index contributed by atoms with van der Waals surface area (Å²) >= 11 is 4.65. The molecule has 3 heterocycles. The average molecular weight is 350 g/mol. The van der Waals surface area contributed by atoms with Gasteiger partial charge in [0.15, 0.2) is 10.1 Å². The number of hydrogen-bond acceptors (Lipinski definition) is 7. The van der Waals surface area contributed by atoms with Gasteiger partial charge in [0.05, 0.1) is 11.4 Å². The fraction of sp³-hybridized carbons (Fsp3) is 0.214. The van der Waals surface area contributed by atoms with E-state index in [1.54, 1.807) is 23.6 Å². The zero-order valence-corrected chi connectivity index (χ0v) is 14.1. The Hall–Kier alpha value is -1.64. The summed E-state index contributed by atoms with van der Waals surface area (Å²) in [5, 5.41) is 14.3. The monoisotopic (exact) mass is 350 g/mol. The van der Waals surface area contributed by atoms with Crippen molar-refractivity contribution in [1.29, 1.82) is 0 Å². The topological polar surface area (TPSA) is 70.7 Å². The molecule has 0 spiro atoms. The number of carbonyl (C=O) groups excluding carboxylic acids is 1. The molecule has 3 aromatic heterocycles. The summed E-state index contributed by atoms with van der Waals surface area (Å²) < 4.78 is 0.804. The number of thioether (sulfide) groups is 1. The van der Waals surface area contributed by atoms with E-state index in [1.807, 2.05) is 6.07 Å². The quantitative estimate of drug-likeness (QED) is 0.480. The highest BCUT2D eigenvalue weighted by atomic mass is 32.2. The van der Waals surface area contributed by atoms with Gasteiger partial charge in [-0.2, -0.15) is 0 Å². The Morgan fingerprint density at radius 1 is 1.32 bits per heavy atom. The van der Waals surface area contributed by atoms with E-state index in [2.05, 4.69) is 38.0 Å². The minimum atomic E-state index is 0.0670. The minimum Gasteiger partial charge on any atom is -0.360 e. The number of thiophene rings is 1. The summed E-state index contributed by atoms with van der Waals surface area (Å²) in [6.45, 7) is 0.835. The van der Waals surface area contributed by atoms with Gasteiger partial charge < -0.3 is 10.3 Å². The second kappa shape index (κ2) is 7.57. The lowest BCUT2D eigenvalue weighted by Gasteiger charge is -1.99. The number of Topliss-reactive ketones (excluding diaryl/α,β-unsaturated/α-hetero) is 1. The average Bonchev–Trinajstić information content (AvgIpc) is 3.27. The van der Waals surface area contributed by atoms with Crippen molar-refractivity contribution in [3.63, 3.8) is 0 Å². The number of ketones is 1. The van der Waals surface area contributed by atoms with Gasteiger partial charge in [0.25, 0.3) is 0 Å². The van der Waals surface area contributed by atoms with E-state index in [9.17, 15) is 4.79 Å². The van der Waals surface area contributed by atoms with Crippen LogP contribution in [0.4, 0.5) is 5.13 Å².